The van der Waals surface area contributed by atoms with Crippen LogP contribution < -0.4 is 20.7 Å². The minimum absolute atomic E-state index is 0.0320. The SMILES string of the molecule is COc1ccc(C2CC2(C)NCCCC(NC(=O)c2ccc(C(F)(F)F)cc2)C(=O)Nc2ccccn2)cc1. The molecule has 0 bridgehead atoms. The molecule has 7 nitrogen and oxygen atoms in total. The molecule has 1 aromatic heterocycles. The van der Waals surface area contributed by atoms with E-state index < -0.39 is 29.6 Å². The summed E-state index contributed by atoms with van der Waals surface area (Å²) in [6.45, 7) is 2.77. The fourth-order valence-electron chi connectivity index (χ4n) is 4.53. The maximum absolute atomic E-state index is 13.0. The first kappa shape index (κ1) is 28.1. The van der Waals surface area contributed by atoms with Gasteiger partial charge in [0.05, 0.1) is 12.7 Å². The van der Waals surface area contributed by atoms with Crippen LogP contribution in [0.15, 0.2) is 72.9 Å². The molecule has 2 amide bonds. The highest BCUT2D eigenvalue weighted by molar-refractivity contribution is 6.00. The number of anilines is 1. The molecule has 4 rings (SSSR count). The van der Waals surface area contributed by atoms with E-state index in [0.717, 1.165) is 36.4 Å². The van der Waals surface area contributed by atoms with Gasteiger partial charge in [0.25, 0.3) is 5.91 Å². The zero-order chi connectivity index (χ0) is 28.0. The number of methoxy groups -OCH3 is 1. The number of nitrogens with zero attached hydrogens (tertiary/aromatic N) is 1. The summed E-state index contributed by atoms with van der Waals surface area (Å²) < 4.78 is 43.9. The minimum atomic E-state index is -4.50. The van der Waals surface area contributed by atoms with Crippen LogP contribution in [0.25, 0.3) is 0 Å². The Balaban J connectivity index is 1.35. The standard InChI is InChI=1S/C29H31F3N4O3/c1-28(18-23(28)19-10-14-22(39-2)15-11-19)34-17-5-6-24(27(38)36-25-7-3-4-16-33-25)35-26(37)20-8-12-21(13-9-20)29(30,31)32/h3-4,7-16,23-24,34H,5-6,17-18H2,1-2H3,(H,35,37)(H,33,36,38). The van der Waals surface area contributed by atoms with Gasteiger partial charge in [-0.3, -0.25) is 9.59 Å². The third-order valence-corrected chi connectivity index (χ3v) is 6.97. The van der Waals surface area contributed by atoms with Crippen molar-refractivity contribution in [2.75, 3.05) is 19.0 Å². The number of aromatic nitrogens is 1. The predicted octanol–water partition coefficient (Wildman–Crippen LogP) is 5.16. The van der Waals surface area contributed by atoms with Crippen molar-refractivity contribution in [3.05, 3.63) is 89.6 Å². The van der Waals surface area contributed by atoms with Crippen molar-refractivity contribution in [3.63, 3.8) is 0 Å². The molecular formula is C29H31F3N4O3. The number of carbonyl (C=O) groups excluding carboxylic acids is 2. The number of halogens is 3. The fraction of sp³-hybridized carbons (Fsp3) is 0.345. The highest BCUT2D eigenvalue weighted by Crippen LogP contribution is 2.51. The summed E-state index contributed by atoms with van der Waals surface area (Å²) in [4.78, 5) is 29.9. The van der Waals surface area contributed by atoms with Crippen LogP contribution in [-0.2, 0) is 11.0 Å². The van der Waals surface area contributed by atoms with E-state index in [-0.39, 0.29) is 11.1 Å². The van der Waals surface area contributed by atoms with Crippen LogP contribution in [0, 0.1) is 0 Å². The molecule has 0 spiro atoms. The predicted molar refractivity (Wildman–Crippen MR) is 142 cm³/mol. The summed E-state index contributed by atoms with van der Waals surface area (Å²) >= 11 is 0. The van der Waals surface area contributed by atoms with Crippen LogP contribution in [0.4, 0.5) is 19.0 Å². The van der Waals surface area contributed by atoms with Gasteiger partial charge in [-0.2, -0.15) is 13.2 Å². The van der Waals surface area contributed by atoms with Gasteiger partial charge in [0.2, 0.25) is 5.91 Å². The van der Waals surface area contributed by atoms with Gasteiger partial charge in [-0.25, -0.2) is 4.98 Å². The number of amides is 2. The molecule has 2 aromatic carbocycles. The number of hydrogen-bond donors (Lipinski definition) is 3. The molecule has 39 heavy (non-hydrogen) atoms. The monoisotopic (exact) mass is 540 g/mol. The molecule has 1 saturated carbocycles. The number of rotatable bonds is 11. The average Bonchev–Trinajstić information content (AvgIpc) is 3.61. The fourth-order valence-corrected chi connectivity index (χ4v) is 4.53. The number of ether oxygens (including phenoxy) is 1. The molecule has 0 saturated heterocycles. The van der Waals surface area contributed by atoms with Crippen LogP contribution in [0.1, 0.15) is 53.6 Å². The second-order valence-corrected chi connectivity index (χ2v) is 9.82. The number of alkyl halides is 3. The topological polar surface area (TPSA) is 92.4 Å². The van der Waals surface area contributed by atoms with Crippen LogP contribution in [0.5, 0.6) is 5.75 Å². The van der Waals surface area contributed by atoms with E-state index in [1.54, 1.807) is 25.3 Å². The second kappa shape index (κ2) is 11.9. The average molecular weight is 541 g/mol. The largest absolute Gasteiger partial charge is 0.497 e. The van der Waals surface area contributed by atoms with Gasteiger partial charge < -0.3 is 20.7 Å². The summed E-state index contributed by atoms with van der Waals surface area (Å²) in [6.07, 6.45) is -1.09. The van der Waals surface area contributed by atoms with Crippen molar-refractivity contribution >= 4 is 17.6 Å². The Kier molecular flexibility index (Phi) is 8.54. The molecule has 1 aliphatic carbocycles. The Morgan fingerprint density at radius 2 is 1.79 bits per heavy atom. The number of carbonyl (C=O) groups is 2. The van der Waals surface area contributed by atoms with E-state index in [2.05, 4.69) is 40.0 Å². The summed E-state index contributed by atoms with van der Waals surface area (Å²) in [5.74, 6) is 0.421. The Labute approximate surface area is 225 Å². The van der Waals surface area contributed by atoms with E-state index in [9.17, 15) is 22.8 Å². The maximum Gasteiger partial charge on any atom is 0.416 e. The highest BCUT2D eigenvalue weighted by Gasteiger charge is 2.50. The third-order valence-electron chi connectivity index (χ3n) is 6.97. The Bertz CT molecular complexity index is 1270. The lowest BCUT2D eigenvalue weighted by Gasteiger charge is -2.20. The first-order chi connectivity index (χ1) is 18.6. The molecule has 0 radical (unpaired) electrons. The molecule has 206 valence electrons. The van der Waals surface area contributed by atoms with Gasteiger partial charge in [-0.1, -0.05) is 18.2 Å². The lowest BCUT2D eigenvalue weighted by atomic mass is 10.1. The van der Waals surface area contributed by atoms with Crippen LogP contribution >= 0.6 is 0 Å². The van der Waals surface area contributed by atoms with E-state index in [0.29, 0.717) is 31.1 Å². The third kappa shape index (κ3) is 7.35. The van der Waals surface area contributed by atoms with Crippen molar-refractivity contribution in [1.29, 1.82) is 0 Å². The lowest BCUT2D eigenvalue weighted by molar-refractivity contribution is -0.137. The van der Waals surface area contributed by atoms with Crippen LogP contribution in [0.3, 0.4) is 0 Å². The van der Waals surface area contributed by atoms with Gasteiger partial charge in [-0.15, -0.1) is 0 Å². The Morgan fingerprint density at radius 3 is 2.41 bits per heavy atom. The molecule has 3 aromatic rings. The van der Waals surface area contributed by atoms with Gasteiger partial charge >= 0.3 is 6.18 Å². The molecule has 3 atom stereocenters. The zero-order valence-electron chi connectivity index (χ0n) is 21.7. The van der Waals surface area contributed by atoms with Crippen molar-refractivity contribution in [1.82, 2.24) is 15.6 Å². The van der Waals surface area contributed by atoms with E-state index in [1.165, 1.54) is 11.8 Å². The quantitative estimate of drug-likeness (QED) is 0.292. The molecule has 0 aliphatic heterocycles. The molecule has 1 fully saturated rings. The van der Waals surface area contributed by atoms with Gasteiger partial charge in [0.15, 0.2) is 0 Å². The molecule has 1 aliphatic rings. The maximum atomic E-state index is 13.0. The lowest BCUT2D eigenvalue weighted by Crippen LogP contribution is -2.44. The van der Waals surface area contributed by atoms with Gasteiger partial charge in [0.1, 0.15) is 17.6 Å². The highest BCUT2D eigenvalue weighted by atomic mass is 19.4. The summed E-state index contributed by atoms with van der Waals surface area (Å²) in [5.41, 5.74) is 0.340. The Morgan fingerprint density at radius 1 is 1.08 bits per heavy atom. The summed E-state index contributed by atoms with van der Waals surface area (Å²) in [7, 11) is 1.63. The number of hydrogen-bond acceptors (Lipinski definition) is 5. The van der Waals surface area contributed by atoms with Crippen molar-refractivity contribution in [2.45, 2.75) is 49.9 Å². The summed E-state index contributed by atoms with van der Waals surface area (Å²) in [6, 6.07) is 16.0. The van der Waals surface area contributed by atoms with E-state index in [1.807, 2.05) is 12.1 Å². The zero-order valence-corrected chi connectivity index (χ0v) is 21.7. The number of pyridine rings is 1. The second-order valence-electron chi connectivity index (χ2n) is 9.82. The number of nitrogens with one attached hydrogen (secondary N) is 3. The molecule has 3 unspecified atom stereocenters. The Hall–Kier alpha value is -3.92. The smallest absolute Gasteiger partial charge is 0.416 e. The van der Waals surface area contributed by atoms with E-state index in [4.69, 9.17) is 4.74 Å². The van der Waals surface area contributed by atoms with Crippen LogP contribution in [-0.4, -0.2) is 42.0 Å². The van der Waals surface area contributed by atoms with Crippen molar-refractivity contribution < 1.29 is 27.5 Å². The first-order valence-corrected chi connectivity index (χ1v) is 12.7. The molecule has 3 N–H and O–H groups in total. The molecule has 1 heterocycles. The molecular weight excluding hydrogens is 509 g/mol. The van der Waals surface area contributed by atoms with Gasteiger partial charge in [0, 0.05) is 23.2 Å². The first-order valence-electron chi connectivity index (χ1n) is 12.7. The van der Waals surface area contributed by atoms with Crippen molar-refractivity contribution in [3.8, 4) is 5.75 Å². The van der Waals surface area contributed by atoms with Crippen molar-refractivity contribution in [2.24, 2.45) is 0 Å². The van der Waals surface area contributed by atoms with E-state index >= 15 is 0 Å². The minimum Gasteiger partial charge on any atom is -0.497 e. The number of benzene rings is 2. The normalized spacial score (nSPS) is 19.2. The summed E-state index contributed by atoms with van der Waals surface area (Å²) in [5, 5.41) is 8.93. The van der Waals surface area contributed by atoms with Crippen LogP contribution in [0.2, 0.25) is 0 Å². The molecule has 10 heteroatoms. The van der Waals surface area contributed by atoms with Gasteiger partial charge in [-0.05, 0) is 86.8 Å².